The van der Waals surface area contributed by atoms with E-state index < -0.39 is 17.7 Å². The monoisotopic (exact) mass is 352 g/mol. The smallest absolute Gasteiger partial charge is 0.416 e. The molecule has 3 rings (SSSR count). The number of hydrogen-bond acceptors (Lipinski definition) is 4. The van der Waals surface area contributed by atoms with E-state index in [1.165, 1.54) is 12.1 Å². The summed E-state index contributed by atoms with van der Waals surface area (Å²) in [5.74, 6) is 0.740. The minimum atomic E-state index is -4.38. The number of alkyl halides is 3. The van der Waals surface area contributed by atoms with Gasteiger partial charge >= 0.3 is 12.1 Å². The molecule has 0 amide bonds. The second-order valence-electron chi connectivity index (χ2n) is 5.51. The molecule has 132 valence electrons. The molecule has 4 nitrogen and oxygen atoms in total. The number of esters is 1. The maximum Gasteiger partial charge on any atom is 0.416 e. The van der Waals surface area contributed by atoms with Crippen LogP contribution in [0.15, 0.2) is 42.5 Å². The fourth-order valence-electron chi connectivity index (χ4n) is 2.37. The van der Waals surface area contributed by atoms with E-state index in [0.29, 0.717) is 35.8 Å². The van der Waals surface area contributed by atoms with Gasteiger partial charge in [0.2, 0.25) is 0 Å². The molecule has 2 aromatic rings. The summed E-state index contributed by atoms with van der Waals surface area (Å²) < 4.78 is 53.4. The molecule has 0 aromatic heterocycles. The number of halogens is 3. The van der Waals surface area contributed by atoms with Crippen LogP contribution in [0.4, 0.5) is 13.2 Å². The summed E-state index contributed by atoms with van der Waals surface area (Å²) in [5, 5.41) is 0. The molecule has 0 bridgehead atoms. The van der Waals surface area contributed by atoms with Crippen molar-refractivity contribution in [1.29, 1.82) is 0 Å². The van der Waals surface area contributed by atoms with Crippen LogP contribution in [0.25, 0.3) is 0 Å². The molecule has 0 saturated carbocycles. The molecule has 0 radical (unpaired) electrons. The second kappa shape index (κ2) is 7.04. The van der Waals surface area contributed by atoms with Crippen molar-refractivity contribution in [2.75, 3.05) is 13.2 Å². The Morgan fingerprint density at radius 1 is 0.960 bits per heavy atom. The quantitative estimate of drug-likeness (QED) is 0.786. The van der Waals surface area contributed by atoms with Gasteiger partial charge in [-0.1, -0.05) is 18.2 Å². The average Bonchev–Trinajstić information content (AvgIpc) is 2.59. The van der Waals surface area contributed by atoms with E-state index in [0.717, 1.165) is 12.1 Å². The number of benzene rings is 2. The van der Waals surface area contributed by atoms with Gasteiger partial charge in [0.05, 0.1) is 12.0 Å². The third kappa shape index (κ3) is 4.43. The highest BCUT2D eigenvalue weighted by Gasteiger charge is 2.29. The Kier molecular flexibility index (Phi) is 4.83. The van der Waals surface area contributed by atoms with E-state index in [9.17, 15) is 18.0 Å². The van der Waals surface area contributed by atoms with Crippen molar-refractivity contribution in [3.8, 4) is 11.5 Å². The first-order valence-electron chi connectivity index (χ1n) is 7.62. The highest BCUT2D eigenvalue weighted by atomic mass is 19.4. The Morgan fingerprint density at radius 3 is 2.28 bits per heavy atom. The van der Waals surface area contributed by atoms with E-state index in [-0.39, 0.29) is 13.0 Å². The highest BCUT2D eigenvalue weighted by molar-refractivity contribution is 5.73. The molecule has 1 heterocycles. The van der Waals surface area contributed by atoms with Gasteiger partial charge in [0.15, 0.2) is 11.5 Å². The predicted molar refractivity (Wildman–Crippen MR) is 82.4 cm³/mol. The first-order chi connectivity index (χ1) is 11.9. The Morgan fingerprint density at radius 2 is 1.60 bits per heavy atom. The zero-order valence-electron chi connectivity index (χ0n) is 13.1. The van der Waals surface area contributed by atoms with Crippen molar-refractivity contribution in [2.24, 2.45) is 0 Å². The van der Waals surface area contributed by atoms with Crippen molar-refractivity contribution in [3.63, 3.8) is 0 Å². The SMILES string of the molecule is O=C(Cc1ccc2c(c1)OCCO2)OCc1ccc(C(F)(F)F)cc1. The molecule has 25 heavy (non-hydrogen) atoms. The van der Waals surface area contributed by atoms with Crippen LogP contribution in [0.2, 0.25) is 0 Å². The van der Waals surface area contributed by atoms with Crippen LogP contribution in [-0.2, 0) is 28.7 Å². The molecular formula is C18H15F3O4. The standard InChI is InChI=1S/C18H15F3O4/c19-18(20,21)14-4-1-12(2-5-14)11-25-17(22)10-13-3-6-15-16(9-13)24-8-7-23-15/h1-6,9H,7-8,10-11H2. The van der Waals surface area contributed by atoms with E-state index in [1.807, 2.05) is 0 Å². The van der Waals surface area contributed by atoms with Gasteiger partial charge in [-0.2, -0.15) is 13.2 Å². The maximum atomic E-state index is 12.5. The third-order valence-electron chi connectivity index (χ3n) is 3.64. The van der Waals surface area contributed by atoms with Crippen LogP contribution in [0.5, 0.6) is 11.5 Å². The summed E-state index contributed by atoms with van der Waals surface area (Å²) in [4.78, 5) is 11.9. The lowest BCUT2D eigenvalue weighted by molar-refractivity contribution is -0.144. The van der Waals surface area contributed by atoms with Crippen LogP contribution >= 0.6 is 0 Å². The first-order valence-corrected chi connectivity index (χ1v) is 7.62. The van der Waals surface area contributed by atoms with E-state index >= 15 is 0 Å². The lowest BCUT2D eigenvalue weighted by atomic mass is 10.1. The van der Waals surface area contributed by atoms with Gasteiger partial charge in [0, 0.05) is 0 Å². The van der Waals surface area contributed by atoms with Gasteiger partial charge in [0.1, 0.15) is 19.8 Å². The Hall–Kier alpha value is -2.70. The number of carbonyl (C=O) groups excluding carboxylic acids is 1. The van der Waals surface area contributed by atoms with Gasteiger partial charge in [-0.3, -0.25) is 4.79 Å². The summed E-state index contributed by atoms with van der Waals surface area (Å²) in [6.07, 6.45) is -4.34. The molecule has 0 fully saturated rings. The van der Waals surface area contributed by atoms with Crippen LogP contribution in [0.3, 0.4) is 0 Å². The fourth-order valence-corrected chi connectivity index (χ4v) is 2.37. The van der Waals surface area contributed by atoms with E-state index in [1.54, 1.807) is 18.2 Å². The van der Waals surface area contributed by atoms with Crippen molar-refractivity contribution >= 4 is 5.97 Å². The molecule has 7 heteroatoms. The molecule has 0 saturated heterocycles. The Bertz CT molecular complexity index is 754. The summed E-state index contributed by atoms with van der Waals surface area (Å²) >= 11 is 0. The minimum Gasteiger partial charge on any atom is -0.486 e. The average molecular weight is 352 g/mol. The molecule has 0 aliphatic carbocycles. The predicted octanol–water partition coefficient (Wildman–Crippen LogP) is 3.76. The van der Waals surface area contributed by atoms with Crippen molar-refractivity contribution in [3.05, 3.63) is 59.2 Å². The minimum absolute atomic E-state index is 0.0390. The Balaban J connectivity index is 1.54. The topological polar surface area (TPSA) is 44.8 Å². The number of ether oxygens (including phenoxy) is 3. The molecular weight excluding hydrogens is 337 g/mol. The van der Waals surface area contributed by atoms with Crippen molar-refractivity contribution in [2.45, 2.75) is 19.2 Å². The number of rotatable bonds is 4. The zero-order valence-corrected chi connectivity index (χ0v) is 13.1. The molecule has 0 atom stereocenters. The molecule has 0 N–H and O–H groups in total. The fraction of sp³-hybridized carbons (Fsp3) is 0.278. The third-order valence-corrected chi connectivity index (χ3v) is 3.64. The normalized spacial score (nSPS) is 13.4. The lowest BCUT2D eigenvalue weighted by Crippen LogP contribution is -2.16. The van der Waals surface area contributed by atoms with Crippen LogP contribution in [-0.4, -0.2) is 19.2 Å². The number of hydrogen-bond donors (Lipinski definition) is 0. The van der Waals surface area contributed by atoms with E-state index in [4.69, 9.17) is 14.2 Å². The van der Waals surface area contributed by atoms with E-state index in [2.05, 4.69) is 0 Å². The first kappa shape index (κ1) is 17.1. The Labute approximate surface area is 142 Å². The van der Waals surface area contributed by atoms with Crippen LogP contribution < -0.4 is 9.47 Å². The molecule has 0 unspecified atom stereocenters. The molecule has 1 aliphatic heterocycles. The number of fused-ring (bicyclic) bond motifs is 1. The lowest BCUT2D eigenvalue weighted by Gasteiger charge is -2.18. The summed E-state index contributed by atoms with van der Waals surface area (Å²) in [6, 6.07) is 9.70. The van der Waals surface area contributed by atoms with Crippen molar-refractivity contribution in [1.82, 2.24) is 0 Å². The zero-order chi connectivity index (χ0) is 17.9. The highest BCUT2D eigenvalue weighted by Crippen LogP contribution is 2.31. The van der Waals surface area contributed by atoms with Gasteiger partial charge in [-0.25, -0.2) is 0 Å². The molecule has 2 aromatic carbocycles. The van der Waals surface area contributed by atoms with Crippen LogP contribution in [0.1, 0.15) is 16.7 Å². The van der Waals surface area contributed by atoms with Crippen LogP contribution in [0, 0.1) is 0 Å². The van der Waals surface area contributed by atoms with Gasteiger partial charge in [-0.05, 0) is 35.4 Å². The van der Waals surface area contributed by atoms with Gasteiger partial charge < -0.3 is 14.2 Å². The van der Waals surface area contributed by atoms with Gasteiger partial charge in [-0.15, -0.1) is 0 Å². The second-order valence-corrected chi connectivity index (χ2v) is 5.51. The molecule has 1 aliphatic rings. The summed E-state index contributed by atoms with van der Waals surface area (Å²) in [7, 11) is 0. The number of carbonyl (C=O) groups is 1. The molecule has 0 spiro atoms. The largest absolute Gasteiger partial charge is 0.486 e. The maximum absolute atomic E-state index is 12.5. The summed E-state index contributed by atoms with van der Waals surface area (Å²) in [6.45, 7) is 0.859. The summed E-state index contributed by atoms with van der Waals surface area (Å²) in [5.41, 5.74) is 0.462. The van der Waals surface area contributed by atoms with Gasteiger partial charge in [0.25, 0.3) is 0 Å². The van der Waals surface area contributed by atoms with Crippen molar-refractivity contribution < 1.29 is 32.2 Å².